The van der Waals surface area contributed by atoms with Gasteiger partial charge in [0.25, 0.3) is 0 Å². The molecule has 5 nitrogen and oxygen atoms in total. The second-order valence-corrected chi connectivity index (χ2v) is 6.11. The van der Waals surface area contributed by atoms with Crippen LogP contribution in [0.25, 0.3) is 0 Å². The van der Waals surface area contributed by atoms with Crippen LogP contribution in [0, 0.1) is 11.3 Å². The van der Waals surface area contributed by atoms with Crippen molar-refractivity contribution in [3.63, 3.8) is 0 Å². The molecule has 0 aliphatic carbocycles. The summed E-state index contributed by atoms with van der Waals surface area (Å²) < 4.78 is 5.95. The van der Waals surface area contributed by atoms with Crippen molar-refractivity contribution >= 4 is 27.7 Å². The molecule has 0 atom stereocenters. The van der Waals surface area contributed by atoms with E-state index in [0.29, 0.717) is 18.7 Å². The number of alkyl carbamates (subject to hydrolysis) is 1. The Bertz CT molecular complexity index is 518. The smallest absolute Gasteiger partial charge is 0.407 e. The van der Waals surface area contributed by atoms with Gasteiger partial charge in [0.2, 0.25) is 0 Å². The second kappa shape index (κ2) is 7.15. The molecule has 0 radical (unpaired) electrons. The highest BCUT2D eigenvalue weighted by Gasteiger charge is 2.15. The van der Waals surface area contributed by atoms with Gasteiger partial charge in [-0.2, -0.15) is 5.26 Å². The minimum absolute atomic E-state index is 0.434. The van der Waals surface area contributed by atoms with E-state index in [1.165, 1.54) is 0 Å². The van der Waals surface area contributed by atoms with Gasteiger partial charge in [-0.3, -0.25) is 0 Å². The largest absolute Gasteiger partial charge is 0.444 e. The fraction of sp³-hybridized carbons (Fsp3) is 0.429. The predicted molar refractivity (Wildman–Crippen MR) is 81.6 cm³/mol. The number of carbonyl (C=O) groups is 1. The third-order valence-corrected chi connectivity index (χ3v) is 2.61. The molecule has 0 aromatic heterocycles. The van der Waals surface area contributed by atoms with Gasteiger partial charge in [0.15, 0.2) is 0 Å². The van der Waals surface area contributed by atoms with Crippen molar-refractivity contribution in [1.29, 1.82) is 5.26 Å². The molecule has 0 aliphatic rings. The highest BCUT2D eigenvalue weighted by atomic mass is 79.9. The zero-order valence-electron chi connectivity index (χ0n) is 11.8. The van der Waals surface area contributed by atoms with Gasteiger partial charge in [-0.25, -0.2) is 4.79 Å². The molecule has 1 amide bonds. The molecule has 0 spiro atoms. The Morgan fingerprint density at radius 2 is 2.05 bits per heavy atom. The molecule has 2 N–H and O–H groups in total. The molecular weight excluding hydrogens is 322 g/mol. The van der Waals surface area contributed by atoms with Gasteiger partial charge in [0.05, 0.1) is 11.6 Å². The molecule has 0 unspecified atom stereocenters. The fourth-order valence-corrected chi connectivity index (χ4v) is 1.94. The molecule has 1 rings (SSSR count). The molecule has 20 heavy (non-hydrogen) atoms. The number of carbonyl (C=O) groups excluding carboxylic acids is 1. The Kier molecular flexibility index (Phi) is 5.83. The van der Waals surface area contributed by atoms with Crippen LogP contribution in [0.3, 0.4) is 0 Å². The number of hydrogen-bond donors (Lipinski definition) is 2. The van der Waals surface area contributed by atoms with Gasteiger partial charge >= 0.3 is 6.09 Å². The van der Waals surface area contributed by atoms with E-state index in [1.54, 1.807) is 12.1 Å². The van der Waals surface area contributed by atoms with Gasteiger partial charge in [0, 0.05) is 23.2 Å². The van der Waals surface area contributed by atoms with E-state index < -0.39 is 11.7 Å². The first-order valence-corrected chi connectivity index (χ1v) is 7.01. The SMILES string of the molecule is CC(C)(C)OC(=O)NCCNc1cc(Br)cc(C#N)c1. The minimum Gasteiger partial charge on any atom is -0.444 e. The molecule has 0 aliphatic heterocycles. The molecule has 108 valence electrons. The van der Waals surface area contributed by atoms with Crippen LogP contribution in [-0.2, 0) is 4.74 Å². The third-order valence-electron chi connectivity index (χ3n) is 2.15. The summed E-state index contributed by atoms with van der Waals surface area (Å²) in [7, 11) is 0. The van der Waals surface area contributed by atoms with Gasteiger partial charge in [0.1, 0.15) is 5.60 Å². The maximum absolute atomic E-state index is 11.4. The van der Waals surface area contributed by atoms with Gasteiger partial charge in [-0.1, -0.05) is 15.9 Å². The van der Waals surface area contributed by atoms with Crippen molar-refractivity contribution in [2.45, 2.75) is 26.4 Å². The normalized spacial score (nSPS) is 10.6. The number of anilines is 1. The van der Waals surface area contributed by atoms with Crippen LogP contribution in [-0.4, -0.2) is 24.8 Å². The van der Waals surface area contributed by atoms with Gasteiger partial charge < -0.3 is 15.4 Å². The van der Waals surface area contributed by atoms with Crippen LogP contribution >= 0.6 is 15.9 Å². The van der Waals surface area contributed by atoms with E-state index in [9.17, 15) is 4.79 Å². The number of amides is 1. The Balaban J connectivity index is 2.37. The van der Waals surface area contributed by atoms with E-state index >= 15 is 0 Å². The lowest BCUT2D eigenvalue weighted by Gasteiger charge is -2.19. The van der Waals surface area contributed by atoms with Crippen LogP contribution in [0.2, 0.25) is 0 Å². The van der Waals surface area contributed by atoms with Crippen molar-refractivity contribution in [3.05, 3.63) is 28.2 Å². The van der Waals surface area contributed by atoms with Crippen molar-refractivity contribution in [1.82, 2.24) is 5.32 Å². The Morgan fingerprint density at radius 1 is 1.35 bits per heavy atom. The van der Waals surface area contributed by atoms with Crippen LogP contribution in [0.4, 0.5) is 10.5 Å². The van der Waals surface area contributed by atoms with Crippen LogP contribution in [0.15, 0.2) is 22.7 Å². The van der Waals surface area contributed by atoms with Crippen molar-refractivity contribution in [2.24, 2.45) is 0 Å². The summed E-state index contributed by atoms with van der Waals surface area (Å²) in [5.41, 5.74) is 0.896. The lowest BCUT2D eigenvalue weighted by molar-refractivity contribution is 0.0530. The number of benzene rings is 1. The van der Waals surface area contributed by atoms with Crippen molar-refractivity contribution < 1.29 is 9.53 Å². The first-order valence-electron chi connectivity index (χ1n) is 6.21. The lowest BCUT2D eigenvalue weighted by atomic mass is 10.2. The molecule has 0 fully saturated rings. The van der Waals surface area contributed by atoms with Crippen molar-refractivity contribution in [3.8, 4) is 6.07 Å². The van der Waals surface area contributed by atoms with E-state index in [-0.39, 0.29) is 0 Å². The number of halogens is 1. The summed E-state index contributed by atoms with van der Waals surface area (Å²) in [5.74, 6) is 0. The Hall–Kier alpha value is -1.74. The second-order valence-electron chi connectivity index (χ2n) is 5.20. The summed E-state index contributed by atoms with van der Waals surface area (Å²) in [6.07, 6.45) is -0.439. The maximum Gasteiger partial charge on any atom is 0.407 e. The molecule has 1 aromatic carbocycles. The first kappa shape index (κ1) is 16.3. The van der Waals surface area contributed by atoms with Crippen molar-refractivity contribution in [2.75, 3.05) is 18.4 Å². The van der Waals surface area contributed by atoms with E-state index in [4.69, 9.17) is 10.00 Å². The fourth-order valence-electron chi connectivity index (χ4n) is 1.44. The van der Waals surface area contributed by atoms with E-state index in [0.717, 1.165) is 10.2 Å². The van der Waals surface area contributed by atoms with E-state index in [2.05, 4.69) is 32.6 Å². The van der Waals surface area contributed by atoms with E-state index in [1.807, 2.05) is 26.8 Å². The molecule has 0 heterocycles. The number of ether oxygens (including phenoxy) is 1. The molecule has 6 heteroatoms. The number of rotatable bonds is 4. The molecule has 0 saturated heterocycles. The highest BCUT2D eigenvalue weighted by molar-refractivity contribution is 9.10. The maximum atomic E-state index is 11.4. The Labute approximate surface area is 127 Å². The average molecular weight is 340 g/mol. The van der Waals surface area contributed by atoms with Gasteiger partial charge in [-0.15, -0.1) is 0 Å². The number of nitrogens with zero attached hydrogens (tertiary/aromatic N) is 1. The molecule has 1 aromatic rings. The zero-order chi connectivity index (χ0) is 15.2. The first-order chi connectivity index (χ1) is 9.30. The average Bonchev–Trinajstić information content (AvgIpc) is 2.32. The zero-order valence-corrected chi connectivity index (χ0v) is 13.4. The topological polar surface area (TPSA) is 74.2 Å². The molecular formula is C14H18BrN3O2. The predicted octanol–water partition coefficient (Wildman–Crippen LogP) is 3.26. The third kappa shape index (κ3) is 6.43. The summed E-state index contributed by atoms with van der Waals surface area (Å²) in [6, 6.07) is 7.44. The quantitative estimate of drug-likeness (QED) is 0.825. The Morgan fingerprint density at radius 3 is 2.65 bits per heavy atom. The van der Waals surface area contributed by atoms with Crippen LogP contribution in [0.5, 0.6) is 0 Å². The minimum atomic E-state index is -0.497. The van der Waals surface area contributed by atoms with Crippen LogP contribution < -0.4 is 10.6 Å². The lowest BCUT2D eigenvalue weighted by Crippen LogP contribution is -2.34. The molecule has 0 saturated carbocycles. The number of nitrogens with one attached hydrogen (secondary N) is 2. The summed E-state index contributed by atoms with van der Waals surface area (Å²) >= 11 is 3.34. The number of nitriles is 1. The van der Waals surface area contributed by atoms with Crippen LogP contribution in [0.1, 0.15) is 26.3 Å². The molecule has 0 bridgehead atoms. The monoisotopic (exact) mass is 339 g/mol. The van der Waals surface area contributed by atoms with Gasteiger partial charge in [-0.05, 0) is 39.0 Å². The summed E-state index contributed by atoms with van der Waals surface area (Å²) in [5, 5.41) is 14.6. The summed E-state index contributed by atoms with van der Waals surface area (Å²) in [6.45, 7) is 6.42. The summed E-state index contributed by atoms with van der Waals surface area (Å²) in [4.78, 5) is 11.4. The number of hydrogen-bond acceptors (Lipinski definition) is 4. The standard InChI is InChI=1S/C14H18BrN3O2/c1-14(2,3)20-13(19)18-5-4-17-12-7-10(9-16)6-11(15)8-12/h6-8,17H,4-5H2,1-3H3,(H,18,19). The highest BCUT2D eigenvalue weighted by Crippen LogP contribution is 2.18.